The fraction of sp³-hybridized carbons (Fsp3) is 0.611. The van der Waals surface area contributed by atoms with Crippen LogP contribution in [0.4, 0.5) is 5.69 Å². The summed E-state index contributed by atoms with van der Waals surface area (Å²) in [5, 5.41) is 12.6. The molecule has 2 N–H and O–H groups in total. The van der Waals surface area contributed by atoms with Crippen LogP contribution < -0.4 is 10.2 Å². The van der Waals surface area contributed by atoms with E-state index < -0.39 is 0 Å². The van der Waals surface area contributed by atoms with Gasteiger partial charge in [0.05, 0.1) is 5.54 Å². The molecule has 0 radical (unpaired) electrons. The molecule has 0 saturated carbocycles. The largest absolute Gasteiger partial charge is 0.304 e. The van der Waals surface area contributed by atoms with Gasteiger partial charge in [-0.3, -0.25) is 15.6 Å². The van der Waals surface area contributed by atoms with Gasteiger partial charge in [0.1, 0.15) is 11.3 Å². The molecule has 1 spiro atoms. The first-order chi connectivity index (χ1) is 10.6. The van der Waals surface area contributed by atoms with Crippen LogP contribution in [0.15, 0.2) is 30.3 Å². The Kier molecular flexibility index (Phi) is 3.82. The second kappa shape index (κ2) is 5.23. The molecule has 2 fully saturated rings. The number of nitrogens with zero attached hydrogens (tertiary/aromatic N) is 2. The number of rotatable bonds is 1. The van der Waals surface area contributed by atoms with Crippen molar-refractivity contribution in [3.05, 3.63) is 30.3 Å². The molecule has 1 aromatic rings. The summed E-state index contributed by atoms with van der Waals surface area (Å²) < 4.78 is 0. The van der Waals surface area contributed by atoms with Gasteiger partial charge in [-0.05, 0) is 59.7 Å². The third kappa shape index (κ3) is 2.59. The van der Waals surface area contributed by atoms with Crippen molar-refractivity contribution < 1.29 is 0 Å². The maximum absolute atomic E-state index is 8.93. The molecule has 0 amide bonds. The molecule has 0 aromatic heterocycles. The number of thiol groups is 1. The number of para-hydroxylation sites is 1. The minimum Gasteiger partial charge on any atom is -0.304 e. The predicted octanol–water partition coefficient (Wildman–Crippen LogP) is 3.31. The van der Waals surface area contributed by atoms with Crippen molar-refractivity contribution in [1.82, 2.24) is 10.2 Å². The van der Waals surface area contributed by atoms with E-state index in [1.54, 1.807) is 0 Å². The van der Waals surface area contributed by atoms with E-state index in [0.29, 0.717) is 5.84 Å². The van der Waals surface area contributed by atoms with Gasteiger partial charge in [-0.2, -0.15) is 0 Å². The molecule has 2 aliphatic heterocycles. The van der Waals surface area contributed by atoms with Crippen molar-refractivity contribution in [2.75, 3.05) is 11.9 Å². The zero-order chi connectivity index (χ0) is 17.0. The number of hydrogen-bond donors (Lipinski definition) is 3. The van der Waals surface area contributed by atoms with Gasteiger partial charge in [-0.15, -0.1) is 12.6 Å². The molecule has 0 aliphatic carbocycles. The van der Waals surface area contributed by atoms with Gasteiger partial charge < -0.3 is 4.90 Å². The number of hydrogen-bond acceptors (Lipinski definition) is 4. The van der Waals surface area contributed by atoms with E-state index in [0.717, 1.165) is 18.5 Å². The fourth-order valence-corrected chi connectivity index (χ4v) is 4.95. The highest BCUT2D eigenvalue weighted by Gasteiger charge is 2.57. The molecule has 23 heavy (non-hydrogen) atoms. The Balaban J connectivity index is 1.99. The first kappa shape index (κ1) is 16.8. The lowest BCUT2D eigenvalue weighted by molar-refractivity contribution is -0.0300. The topological polar surface area (TPSA) is 42.4 Å². The number of piperidine rings is 1. The summed E-state index contributed by atoms with van der Waals surface area (Å²) in [7, 11) is 2.19. The minimum absolute atomic E-state index is 0.0151. The lowest BCUT2D eigenvalue weighted by Gasteiger charge is -2.57. The van der Waals surface area contributed by atoms with Gasteiger partial charge in [0, 0.05) is 16.8 Å². The second-order valence-corrected chi connectivity index (χ2v) is 8.68. The summed E-state index contributed by atoms with van der Waals surface area (Å²) in [5.74, 6) is 0.637. The molecule has 3 rings (SSSR count). The van der Waals surface area contributed by atoms with E-state index in [1.165, 1.54) is 0 Å². The van der Waals surface area contributed by atoms with Gasteiger partial charge in [0.25, 0.3) is 0 Å². The average molecular weight is 333 g/mol. The van der Waals surface area contributed by atoms with E-state index in [4.69, 9.17) is 18.0 Å². The van der Waals surface area contributed by atoms with E-state index >= 15 is 0 Å². The molecule has 0 bridgehead atoms. The molecule has 1 aromatic carbocycles. The van der Waals surface area contributed by atoms with Crippen LogP contribution in [0, 0.1) is 5.41 Å². The average Bonchev–Trinajstić information content (AvgIpc) is 2.67. The normalized spacial score (nSPS) is 29.2. The highest BCUT2D eigenvalue weighted by atomic mass is 32.1. The van der Waals surface area contributed by atoms with Crippen LogP contribution in [0.1, 0.15) is 40.5 Å². The van der Waals surface area contributed by atoms with Crippen molar-refractivity contribution in [2.45, 2.75) is 62.7 Å². The number of amidine groups is 1. The summed E-state index contributed by atoms with van der Waals surface area (Å²) in [4.78, 5) is 4.46. The second-order valence-electron chi connectivity index (χ2n) is 8.19. The van der Waals surface area contributed by atoms with Crippen molar-refractivity contribution in [2.24, 2.45) is 0 Å². The Hall–Kier alpha value is -1.04. The zero-order valence-electron chi connectivity index (χ0n) is 14.7. The number of nitrogens with one attached hydrogen (secondary N) is 2. The molecule has 1 atom stereocenters. The Morgan fingerprint density at radius 1 is 1.09 bits per heavy atom. The lowest BCUT2D eigenvalue weighted by Crippen LogP contribution is -2.68. The molecular formula is C18H28N4S. The molecule has 2 saturated heterocycles. The SMILES string of the molecule is CN1C(C)(C)CC2(CC1(C)C)NC(S)N(c1ccccc1)C2=N. The Labute approximate surface area is 145 Å². The first-order valence-corrected chi connectivity index (χ1v) is 8.74. The van der Waals surface area contributed by atoms with Crippen LogP contribution in [-0.2, 0) is 0 Å². The first-order valence-electron chi connectivity index (χ1n) is 8.22. The minimum atomic E-state index is -0.332. The molecular weight excluding hydrogens is 304 g/mol. The van der Waals surface area contributed by atoms with E-state index in [1.807, 2.05) is 35.2 Å². The third-order valence-electron chi connectivity index (χ3n) is 5.66. The molecule has 126 valence electrons. The number of anilines is 1. The van der Waals surface area contributed by atoms with Crippen LogP contribution in [-0.4, -0.2) is 39.9 Å². The Morgan fingerprint density at radius 3 is 2.13 bits per heavy atom. The van der Waals surface area contributed by atoms with Gasteiger partial charge in [-0.25, -0.2) is 0 Å². The van der Waals surface area contributed by atoms with Gasteiger partial charge in [-0.1, -0.05) is 18.2 Å². The maximum atomic E-state index is 8.93. The Morgan fingerprint density at radius 2 is 1.61 bits per heavy atom. The monoisotopic (exact) mass is 332 g/mol. The highest BCUT2D eigenvalue weighted by molar-refractivity contribution is 7.81. The Bertz CT molecular complexity index is 593. The molecule has 2 aliphatic rings. The van der Waals surface area contributed by atoms with Crippen LogP contribution in [0.5, 0.6) is 0 Å². The highest BCUT2D eigenvalue weighted by Crippen LogP contribution is 2.46. The molecule has 1 unspecified atom stereocenters. The van der Waals surface area contributed by atoms with Crippen molar-refractivity contribution in [1.29, 1.82) is 5.41 Å². The standard InChI is InChI=1S/C18H28N4S/c1-16(2)11-18(12-17(3,4)21(16)5)14(19)22(15(23)20-18)13-9-7-6-8-10-13/h6-10,15,19-20,23H,11-12H2,1-5H3. The van der Waals surface area contributed by atoms with E-state index in [-0.39, 0.29) is 22.1 Å². The molecule has 4 nitrogen and oxygen atoms in total. The van der Waals surface area contributed by atoms with Crippen molar-refractivity contribution >= 4 is 24.2 Å². The molecule has 5 heteroatoms. The third-order valence-corrected chi connectivity index (χ3v) is 6.02. The molecule has 2 heterocycles. The number of benzene rings is 1. The number of likely N-dealkylation sites (tertiary alicyclic amines) is 1. The quantitative estimate of drug-likeness (QED) is 0.691. The maximum Gasteiger partial charge on any atom is 0.131 e. The summed E-state index contributed by atoms with van der Waals surface area (Å²) in [6.45, 7) is 9.07. The predicted molar refractivity (Wildman–Crippen MR) is 100 cm³/mol. The van der Waals surface area contributed by atoms with E-state index in [2.05, 4.69) is 45.0 Å². The summed E-state index contributed by atoms with van der Waals surface area (Å²) in [6, 6.07) is 10.1. The summed E-state index contributed by atoms with van der Waals surface area (Å²) in [5.41, 5.74) is 0.556. The van der Waals surface area contributed by atoms with Gasteiger partial charge in [0.15, 0.2) is 0 Å². The van der Waals surface area contributed by atoms with E-state index in [9.17, 15) is 0 Å². The van der Waals surface area contributed by atoms with Gasteiger partial charge in [0.2, 0.25) is 0 Å². The summed E-state index contributed by atoms with van der Waals surface area (Å²) in [6.07, 6.45) is 1.80. The van der Waals surface area contributed by atoms with Crippen molar-refractivity contribution in [3.8, 4) is 0 Å². The van der Waals surface area contributed by atoms with Crippen LogP contribution in [0.3, 0.4) is 0 Å². The summed E-state index contributed by atoms with van der Waals surface area (Å²) >= 11 is 4.74. The van der Waals surface area contributed by atoms with Crippen molar-refractivity contribution in [3.63, 3.8) is 0 Å². The van der Waals surface area contributed by atoms with Crippen LogP contribution >= 0.6 is 12.6 Å². The zero-order valence-corrected chi connectivity index (χ0v) is 15.6. The fourth-order valence-electron chi connectivity index (χ4n) is 4.46. The van der Waals surface area contributed by atoms with Gasteiger partial charge >= 0.3 is 0 Å². The lowest BCUT2D eigenvalue weighted by atomic mass is 9.69. The van der Waals surface area contributed by atoms with Crippen LogP contribution in [0.25, 0.3) is 0 Å². The smallest absolute Gasteiger partial charge is 0.131 e. The van der Waals surface area contributed by atoms with Crippen LogP contribution in [0.2, 0.25) is 0 Å².